The van der Waals surface area contributed by atoms with E-state index >= 15 is 0 Å². The zero-order valence-corrected chi connectivity index (χ0v) is 11.0. The third kappa shape index (κ3) is 2.02. The van der Waals surface area contributed by atoms with E-state index < -0.39 is 38.2 Å². The molecule has 0 spiro atoms. The summed E-state index contributed by atoms with van der Waals surface area (Å²) in [5.74, 6) is -2.43. The van der Waals surface area contributed by atoms with Gasteiger partial charge in [0, 0.05) is 18.7 Å². The van der Waals surface area contributed by atoms with Gasteiger partial charge in [0.15, 0.2) is 9.84 Å². The van der Waals surface area contributed by atoms with Crippen molar-refractivity contribution < 1.29 is 22.7 Å². The predicted molar refractivity (Wildman–Crippen MR) is 66.9 cm³/mol. The lowest BCUT2D eigenvalue weighted by Crippen LogP contribution is -2.31. The molecule has 0 amide bonds. The van der Waals surface area contributed by atoms with Crippen LogP contribution in [0.1, 0.15) is 11.5 Å². The molecule has 1 fully saturated rings. The van der Waals surface area contributed by atoms with E-state index in [9.17, 15) is 22.7 Å². The van der Waals surface area contributed by atoms with Gasteiger partial charge in [-0.15, -0.1) is 0 Å². The summed E-state index contributed by atoms with van der Waals surface area (Å²) in [5.41, 5.74) is 4.46. The highest BCUT2D eigenvalue weighted by atomic mass is 32.2. The van der Waals surface area contributed by atoms with Crippen LogP contribution in [0.5, 0.6) is 0 Å². The minimum atomic E-state index is -3.56. The monoisotopic (exact) mass is 287 g/mol. The molecular weight excluding hydrogens is 273 g/mol. The molecule has 7 heteroatoms. The Morgan fingerprint density at radius 1 is 1.42 bits per heavy atom. The van der Waals surface area contributed by atoms with E-state index in [0.717, 1.165) is 6.26 Å². The van der Waals surface area contributed by atoms with Crippen LogP contribution in [0.3, 0.4) is 0 Å². The highest BCUT2D eigenvalue weighted by molar-refractivity contribution is 7.91. The summed E-state index contributed by atoms with van der Waals surface area (Å²) in [6.07, 6.45) is 0.995. The second kappa shape index (κ2) is 4.28. The van der Waals surface area contributed by atoms with Crippen LogP contribution >= 0.6 is 0 Å². The molecule has 0 aliphatic heterocycles. The van der Waals surface area contributed by atoms with Crippen molar-refractivity contribution >= 4 is 15.8 Å². The Hall–Kier alpha value is -1.47. The van der Waals surface area contributed by atoms with Crippen LogP contribution in [0.2, 0.25) is 0 Å². The van der Waals surface area contributed by atoms with Crippen LogP contribution in [-0.4, -0.2) is 37.5 Å². The first-order valence-electron chi connectivity index (χ1n) is 5.63. The van der Waals surface area contributed by atoms with Crippen molar-refractivity contribution in [2.45, 2.75) is 11.2 Å². The van der Waals surface area contributed by atoms with Crippen LogP contribution < -0.4 is 5.73 Å². The summed E-state index contributed by atoms with van der Waals surface area (Å²) in [5, 5.41) is 8.24. The summed E-state index contributed by atoms with van der Waals surface area (Å²) < 4.78 is 36.3. The number of nitrogens with two attached hydrogens (primary N) is 1. The molecule has 0 aromatic heterocycles. The smallest absolute Gasteiger partial charge is 0.312 e. The summed E-state index contributed by atoms with van der Waals surface area (Å²) in [6, 6.07) is 5.16. The molecular formula is C12H14FNO4S. The van der Waals surface area contributed by atoms with Gasteiger partial charge in [-0.05, 0) is 17.7 Å². The highest BCUT2D eigenvalue weighted by Gasteiger charge is 2.74. The fraction of sp³-hybridized carbons (Fsp3) is 0.417. The Labute approximate surface area is 110 Å². The van der Waals surface area contributed by atoms with Gasteiger partial charge in [0.1, 0.15) is 11.2 Å². The Balaban J connectivity index is 2.50. The zero-order chi connectivity index (χ0) is 14.4. The molecule has 0 radical (unpaired) electrons. The molecule has 3 unspecified atom stereocenters. The molecule has 0 saturated heterocycles. The summed E-state index contributed by atoms with van der Waals surface area (Å²) in [4.78, 5) is 11.4. The van der Waals surface area contributed by atoms with Crippen molar-refractivity contribution in [2.24, 2.45) is 11.1 Å². The van der Waals surface area contributed by atoms with Crippen LogP contribution in [-0.2, 0) is 14.6 Å². The SMILES string of the molecule is CS(=O)(=O)C1C(c2ccc(F)cc2)C1(CN)C(=O)O. The lowest BCUT2D eigenvalue weighted by Gasteiger charge is -2.09. The Bertz CT molecular complexity index is 613. The largest absolute Gasteiger partial charge is 0.481 e. The van der Waals surface area contributed by atoms with Gasteiger partial charge in [-0.1, -0.05) is 12.1 Å². The van der Waals surface area contributed by atoms with Crippen molar-refractivity contribution in [3.8, 4) is 0 Å². The lowest BCUT2D eigenvalue weighted by molar-refractivity contribution is -0.143. The van der Waals surface area contributed by atoms with Crippen LogP contribution in [0, 0.1) is 11.2 Å². The van der Waals surface area contributed by atoms with Gasteiger partial charge < -0.3 is 10.8 Å². The number of halogens is 1. The van der Waals surface area contributed by atoms with E-state index in [0.29, 0.717) is 5.56 Å². The van der Waals surface area contributed by atoms with Crippen molar-refractivity contribution in [3.05, 3.63) is 35.6 Å². The number of hydrogen-bond acceptors (Lipinski definition) is 4. The van der Waals surface area contributed by atoms with Crippen molar-refractivity contribution in [1.29, 1.82) is 0 Å². The molecule has 1 aliphatic rings. The van der Waals surface area contributed by atoms with Gasteiger partial charge in [0.05, 0.1) is 5.25 Å². The normalized spacial score (nSPS) is 30.1. The third-order valence-electron chi connectivity index (χ3n) is 3.68. The van der Waals surface area contributed by atoms with E-state index in [1.807, 2.05) is 0 Å². The molecule has 19 heavy (non-hydrogen) atoms. The molecule has 3 N–H and O–H groups in total. The van der Waals surface area contributed by atoms with Gasteiger partial charge in [-0.3, -0.25) is 4.79 Å². The molecule has 0 bridgehead atoms. The lowest BCUT2D eigenvalue weighted by atomic mass is 9.99. The standard InChI is InChI=1S/C12H14FNO4S/c1-19(17,18)10-9(12(10,6-14)11(15)16)7-2-4-8(13)5-3-7/h2-5,9-10H,6,14H2,1H3,(H,15,16). The van der Waals surface area contributed by atoms with Crippen LogP contribution in [0.25, 0.3) is 0 Å². The molecule has 104 valence electrons. The van der Waals surface area contributed by atoms with E-state index in [-0.39, 0.29) is 6.54 Å². The van der Waals surface area contributed by atoms with Gasteiger partial charge in [-0.25, -0.2) is 12.8 Å². The number of aliphatic carboxylic acids is 1. The summed E-state index contributed by atoms with van der Waals surface area (Å²) in [7, 11) is -3.56. The number of carboxylic acids is 1. The topological polar surface area (TPSA) is 97.5 Å². The van der Waals surface area contributed by atoms with E-state index in [4.69, 9.17) is 5.73 Å². The van der Waals surface area contributed by atoms with E-state index in [1.165, 1.54) is 24.3 Å². The third-order valence-corrected chi connectivity index (χ3v) is 5.30. The maximum absolute atomic E-state index is 12.9. The summed E-state index contributed by atoms with van der Waals surface area (Å²) in [6.45, 7) is -0.276. The van der Waals surface area contributed by atoms with Crippen molar-refractivity contribution in [1.82, 2.24) is 0 Å². The Morgan fingerprint density at radius 3 is 2.26 bits per heavy atom. The number of carbonyl (C=O) groups is 1. The first-order valence-corrected chi connectivity index (χ1v) is 7.58. The quantitative estimate of drug-likeness (QED) is 0.833. The van der Waals surface area contributed by atoms with Crippen LogP contribution in [0.4, 0.5) is 4.39 Å². The number of benzene rings is 1. The molecule has 1 aliphatic carbocycles. The molecule has 0 heterocycles. The molecule has 1 saturated carbocycles. The number of carboxylic acid groups (broad SMARTS) is 1. The fourth-order valence-electron chi connectivity index (χ4n) is 2.76. The molecule has 3 atom stereocenters. The molecule has 5 nitrogen and oxygen atoms in total. The van der Waals surface area contributed by atoms with Gasteiger partial charge in [0.25, 0.3) is 0 Å². The van der Waals surface area contributed by atoms with Gasteiger partial charge in [-0.2, -0.15) is 0 Å². The number of sulfone groups is 1. The first kappa shape index (κ1) is 14.0. The van der Waals surface area contributed by atoms with E-state index in [1.54, 1.807) is 0 Å². The molecule has 1 aromatic carbocycles. The molecule has 1 aromatic rings. The minimum absolute atomic E-state index is 0.276. The first-order chi connectivity index (χ1) is 8.75. The average Bonchev–Trinajstić information content (AvgIpc) is 3.00. The van der Waals surface area contributed by atoms with Crippen molar-refractivity contribution in [2.75, 3.05) is 12.8 Å². The summed E-state index contributed by atoms with van der Waals surface area (Å²) >= 11 is 0. The Kier molecular flexibility index (Phi) is 3.14. The predicted octanol–water partition coefficient (Wildman–Crippen LogP) is 0.366. The highest BCUT2D eigenvalue weighted by Crippen LogP contribution is 2.62. The second-order valence-corrected chi connectivity index (χ2v) is 7.00. The van der Waals surface area contributed by atoms with Crippen LogP contribution in [0.15, 0.2) is 24.3 Å². The maximum Gasteiger partial charge on any atom is 0.312 e. The van der Waals surface area contributed by atoms with Gasteiger partial charge in [0.2, 0.25) is 0 Å². The number of hydrogen-bond donors (Lipinski definition) is 2. The minimum Gasteiger partial charge on any atom is -0.481 e. The average molecular weight is 287 g/mol. The van der Waals surface area contributed by atoms with Gasteiger partial charge >= 0.3 is 5.97 Å². The second-order valence-electron chi connectivity index (χ2n) is 4.83. The maximum atomic E-state index is 12.9. The fourth-order valence-corrected chi connectivity index (χ4v) is 4.68. The van der Waals surface area contributed by atoms with Crippen molar-refractivity contribution in [3.63, 3.8) is 0 Å². The zero-order valence-electron chi connectivity index (χ0n) is 10.2. The van der Waals surface area contributed by atoms with E-state index in [2.05, 4.69) is 0 Å². The Morgan fingerprint density at radius 2 is 1.95 bits per heavy atom. The molecule has 2 rings (SSSR count). The number of rotatable bonds is 4.